The fraction of sp³-hybridized carbons (Fsp3) is 0.524. The number of carbonyl (C=O) groups excluding carboxylic acids is 1. The molecule has 2 heterocycles. The van der Waals surface area contributed by atoms with Crippen LogP contribution in [0.5, 0.6) is 0 Å². The van der Waals surface area contributed by atoms with Crippen LogP contribution >= 0.6 is 0 Å². The van der Waals surface area contributed by atoms with E-state index in [2.05, 4.69) is 32.7 Å². The summed E-state index contributed by atoms with van der Waals surface area (Å²) in [6.45, 7) is 7.28. The maximum Gasteiger partial charge on any atom is 0.257 e. The fourth-order valence-electron chi connectivity index (χ4n) is 3.25. The molecule has 1 aliphatic rings. The second-order valence-corrected chi connectivity index (χ2v) is 7.10. The zero-order valence-electron chi connectivity index (χ0n) is 17.3. The maximum absolute atomic E-state index is 12.2. The van der Waals surface area contributed by atoms with Crippen molar-refractivity contribution in [3.8, 4) is 11.5 Å². The van der Waals surface area contributed by atoms with Gasteiger partial charge >= 0.3 is 0 Å². The van der Waals surface area contributed by atoms with Gasteiger partial charge in [0.15, 0.2) is 11.8 Å². The molecule has 0 bridgehead atoms. The Bertz CT molecular complexity index is 826. The molecular weight excluding hydrogens is 368 g/mol. The second-order valence-electron chi connectivity index (χ2n) is 7.10. The van der Waals surface area contributed by atoms with Crippen LogP contribution in [0, 0.1) is 0 Å². The Morgan fingerprint density at radius 1 is 1.24 bits per heavy atom. The van der Waals surface area contributed by atoms with E-state index in [4.69, 9.17) is 4.52 Å². The predicted octanol–water partition coefficient (Wildman–Crippen LogP) is 2.37. The van der Waals surface area contributed by atoms with Crippen LogP contribution in [0.2, 0.25) is 0 Å². The molecule has 2 N–H and O–H groups in total. The summed E-state index contributed by atoms with van der Waals surface area (Å²) in [5.74, 6) is 2.01. The lowest BCUT2D eigenvalue weighted by Crippen LogP contribution is -2.44. The number of benzene rings is 1. The normalized spacial score (nSPS) is 14.3. The van der Waals surface area contributed by atoms with Crippen LogP contribution in [-0.4, -0.2) is 53.1 Å². The molecule has 3 rings (SSSR count). The molecule has 1 aromatic heterocycles. The monoisotopic (exact) mass is 398 g/mol. The molecule has 0 radical (unpaired) electrons. The largest absolute Gasteiger partial charge is 0.357 e. The van der Waals surface area contributed by atoms with Gasteiger partial charge in [0.1, 0.15) is 0 Å². The highest BCUT2D eigenvalue weighted by atomic mass is 16.5. The third-order valence-corrected chi connectivity index (χ3v) is 4.75. The van der Waals surface area contributed by atoms with Gasteiger partial charge in [0.2, 0.25) is 5.91 Å². The van der Waals surface area contributed by atoms with E-state index in [0.29, 0.717) is 18.4 Å². The molecule has 1 aliphatic heterocycles. The first-order valence-corrected chi connectivity index (χ1v) is 10.4. The van der Waals surface area contributed by atoms with Crippen molar-refractivity contribution in [2.75, 3.05) is 26.2 Å². The van der Waals surface area contributed by atoms with Crippen LogP contribution in [0.4, 0.5) is 0 Å². The van der Waals surface area contributed by atoms with Gasteiger partial charge in [-0.25, -0.2) is 4.99 Å². The highest BCUT2D eigenvalue weighted by Crippen LogP contribution is 2.19. The number of nitrogens with one attached hydrogen (secondary N) is 2. The number of guanidine groups is 1. The molecule has 0 aliphatic carbocycles. The number of nitrogens with zero attached hydrogens (tertiary/aromatic N) is 4. The van der Waals surface area contributed by atoms with Crippen molar-refractivity contribution in [1.29, 1.82) is 0 Å². The molecule has 156 valence electrons. The standard InChI is InChI=1S/C21H30N6O2/c1-3-8-18-25-20(29-26-18)17-10-7-9-16(13-17)14-23-21(22-4-2)24-15-19(28)27-11-5-6-12-27/h7,9-10,13H,3-6,8,11-12,14-15H2,1-2H3,(H2,22,23,24). The summed E-state index contributed by atoms with van der Waals surface area (Å²) >= 11 is 0. The van der Waals surface area contributed by atoms with E-state index < -0.39 is 0 Å². The van der Waals surface area contributed by atoms with E-state index >= 15 is 0 Å². The average molecular weight is 399 g/mol. The van der Waals surface area contributed by atoms with Crippen LogP contribution in [0.15, 0.2) is 33.8 Å². The number of aryl methyl sites for hydroxylation is 1. The highest BCUT2D eigenvalue weighted by Gasteiger charge is 2.17. The number of aromatic nitrogens is 2. The summed E-state index contributed by atoms with van der Waals surface area (Å²) in [7, 11) is 0. The van der Waals surface area contributed by atoms with Gasteiger partial charge in [-0.05, 0) is 43.9 Å². The molecule has 1 fully saturated rings. The summed E-state index contributed by atoms with van der Waals surface area (Å²) in [4.78, 5) is 23.2. The van der Waals surface area contributed by atoms with E-state index in [9.17, 15) is 4.79 Å². The smallest absolute Gasteiger partial charge is 0.257 e. The quantitative estimate of drug-likeness (QED) is 0.524. The lowest BCUT2D eigenvalue weighted by atomic mass is 10.1. The Morgan fingerprint density at radius 3 is 2.83 bits per heavy atom. The van der Waals surface area contributed by atoms with Gasteiger partial charge in [0.25, 0.3) is 5.89 Å². The first-order valence-electron chi connectivity index (χ1n) is 10.4. The van der Waals surface area contributed by atoms with Crippen molar-refractivity contribution in [1.82, 2.24) is 25.7 Å². The van der Waals surface area contributed by atoms with Crippen LogP contribution in [0.3, 0.4) is 0 Å². The Balaban J connectivity index is 1.61. The molecule has 8 heteroatoms. The first kappa shape index (κ1) is 20.8. The molecular formula is C21H30N6O2. The molecule has 1 aromatic carbocycles. The molecule has 1 amide bonds. The molecule has 29 heavy (non-hydrogen) atoms. The summed E-state index contributed by atoms with van der Waals surface area (Å²) in [6.07, 6.45) is 3.97. The SMILES string of the molecule is CCCc1noc(-c2cccc(CN=C(NCC)NCC(=O)N3CCCC3)c2)n1. The predicted molar refractivity (Wildman–Crippen MR) is 112 cm³/mol. The molecule has 8 nitrogen and oxygen atoms in total. The molecule has 2 aromatic rings. The maximum atomic E-state index is 12.2. The number of hydrogen-bond acceptors (Lipinski definition) is 5. The highest BCUT2D eigenvalue weighted by molar-refractivity contribution is 5.86. The third-order valence-electron chi connectivity index (χ3n) is 4.75. The number of aliphatic imine (C=N–C) groups is 1. The van der Waals surface area contributed by atoms with Gasteiger partial charge in [0, 0.05) is 31.6 Å². The van der Waals surface area contributed by atoms with Gasteiger partial charge in [-0.1, -0.05) is 24.2 Å². The number of likely N-dealkylation sites (tertiary alicyclic amines) is 1. The van der Waals surface area contributed by atoms with E-state index in [1.807, 2.05) is 36.1 Å². The van der Waals surface area contributed by atoms with Gasteiger partial charge in [-0.3, -0.25) is 4.79 Å². The van der Waals surface area contributed by atoms with E-state index in [1.165, 1.54) is 0 Å². The molecule has 0 saturated carbocycles. The van der Waals surface area contributed by atoms with Crippen LogP contribution in [0.25, 0.3) is 11.5 Å². The van der Waals surface area contributed by atoms with E-state index in [0.717, 1.165) is 62.3 Å². The minimum atomic E-state index is 0.120. The zero-order chi connectivity index (χ0) is 20.5. The summed E-state index contributed by atoms with van der Waals surface area (Å²) in [6, 6.07) is 7.93. The van der Waals surface area contributed by atoms with Crippen molar-refractivity contribution in [2.24, 2.45) is 4.99 Å². The Hall–Kier alpha value is -2.90. The first-order chi connectivity index (χ1) is 14.2. The van der Waals surface area contributed by atoms with Crippen molar-refractivity contribution >= 4 is 11.9 Å². The van der Waals surface area contributed by atoms with Crippen molar-refractivity contribution in [2.45, 2.75) is 46.1 Å². The van der Waals surface area contributed by atoms with Crippen molar-refractivity contribution in [3.05, 3.63) is 35.7 Å². The van der Waals surface area contributed by atoms with Crippen molar-refractivity contribution < 1.29 is 9.32 Å². The van der Waals surface area contributed by atoms with Crippen molar-refractivity contribution in [3.63, 3.8) is 0 Å². The molecule has 1 saturated heterocycles. The number of amides is 1. The minimum absolute atomic E-state index is 0.120. The van der Waals surface area contributed by atoms with Gasteiger partial charge in [0.05, 0.1) is 13.1 Å². The number of hydrogen-bond donors (Lipinski definition) is 2. The number of carbonyl (C=O) groups is 1. The lowest BCUT2D eigenvalue weighted by molar-refractivity contribution is -0.128. The average Bonchev–Trinajstić information content (AvgIpc) is 3.43. The topological polar surface area (TPSA) is 95.7 Å². The lowest BCUT2D eigenvalue weighted by Gasteiger charge is -2.17. The van der Waals surface area contributed by atoms with Crippen LogP contribution in [-0.2, 0) is 17.8 Å². The van der Waals surface area contributed by atoms with E-state index in [-0.39, 0.29) is 12.5 Å². The third kappa shape index (κ3) is 6.04. The molecule has 0 atom stereocenters. The molecule has 0 unspecified atom stereocenters. The number of rotatable bonds is 8. The van der Waals surface area contributed by atoms with Crippen LogP contribution in [0.1, 0.15) is 44.5 Å². The van der Waals surface area contributed by atoms with Gasteiger partial charge in [-0.15, -0.1) is 0 Å². The van der Waals surface area contributed by atoms with Gasteiger partial charge in [-0.2, -0.15) is 4.98 Å². The fourth-order valence-corrected chi connectivity index (χ4v) is 3.25. The zero-order valence-corrected chi connectivity index (χ0v) is 17.3. The second kappa shape index (κ2) is 10.6. The minimum Gasteiger partial charge on any atom is -0.357 e. The van der Waals surface area contributed by atoms with E-state index in [1.54, 1.807) is 0 Å². The molecule has 0 spiro atoms. The summed E-state index contributed by atoms with van der Waals surface area (Å²) < 4.78 is 5.37. The summed E-state index contributed by atoms with van der Waals surface area (Å²) in [5, 5.41) is 10.3. The Labute approximate surface area is 171 Å². The summed E-state index contributed by atoms with van der Waals surface area (Å²) in [5.41, 5.74) is 1.91. The van der Waals surface area contributed by atoms with Gasteiger partial charge < -0.3 is 20.1 Å². The Morgan fingerprint density at radius 2 is 2.07 bits per heavy atom. The van der Waals surface area contributed by atoms with Crippen LogP contribution < -0.4 is 10.6 Å². The Kier molecular flexibility index (Phi) is 7.61.